The zero-order valence-electron chi connectivity index (χ0n) is 17.3. The van der Waals surface area contributed by atoms with Crippen molar-refractivity contribution in [3.8, 4) is 0 Å². The summed E-state index contributed by atoms with van der Waals surface area (Å²) in [5.74, 6) is 0. The minimum absolute atomic E-state index is 0.494. The number of hydrogen-bond donors (Lipinski definition) is 1. The number of nitrogens with zero attached hydrogens (tertiary/aromatic N) is 2. The van der Waals surface area contributed by atoms with Crippen LogP contribution in [0.5, 0.6) is 0 Å². The van der Waals surface area contributed by atoms with Gasteiger partial charge < -0.3 is 10.6 Å². The van der Waals surface area contributed by atoms with Gasteiger partial charge in [0.05, 0.1) is 0 Å². The molecule has 3 nitrogen and oxygen atoms in total. The summed E-state index contributed by atoms with van der Waals surface area (Å²) in [6, 6.07) is 1.31. The molecule has 2 rings (SSSR count). The van der Waals surface area contributed by atoms with Gasteiger partial charge in [0.15, 0.2) is 0 Å². The predicted molar refractivity (Wildman–Crippen MR) is 105 cm³/mol. The van der Waals surface area contributed by atoms with Gasteiger partial charge in [0.1, 0.15) is 0 Å². The Bertz CT molecular complexity index is 172. The quantitative estimate of drug-likeness (QED) is 0.825. The smallest absolute Gasteiger partial charge is 0.0126 e. The minimum atomic E-state index is 0.494. The van der Waals surface area contributed by atoms with Crippen molar-refractivity contribution >= 4 is 0 Å². The summed E-state index contributed by atoms with van der Waals surface area (Å²) in [4.78, 5) is 5.21. The van der Waals surface area contributed by atoms with E-state index in [-0.39, 0.29) is 0 Å². The highest BCUT2D eigenvalue weighted by Gasteiger charge is 2.32. The highest BCUT2D eigenvalue weighted by Crippen LogP contribution is 2.24. The van der Waals surface area contributed by atoms with Crippen molar-refractivity contribution in [2.24, 2.45) is 5.73 Å². The Kier molecular flexibility index (Phi) is 25.4. The molecule has 1 heterocycles. The van der Waals surface area contributed by atoms with Crippen molar-refractivity contribution in [2.75, 3.05) is 32.7 Å². The van der Waals surface area contributed by atoms with E-state index in [0.29, 0.717) is 6.04 Å². The molecular formula is C19H47N3. The van der Waals surface area contributed by atoms with E-state index in [0.717, 1.165) is 6.04 Å². The first kappa shape index (κ1) is 26.8. The van der Waals surface area contributed by atoms with Crippen LogP contribution in [0.2, 0.25) is 0 Å². The molecular weight excluding hydrogens is 270 g/mol. The standard InChI is InChI=1S/C11H23N3.4C2H6/c1-2-3-13-4-6-14(7-5-13)11-8-10(12)9-11;4*1-2/h10-11H,2-9,12H2,1H3;4*1-2H3. The summed E-state index contributed by atoms with van der Waals surface area (Å²) in [7, 11) is 0. The third kappa shape index (κ3) is 11.4. The van der Waals surface area contributed by atoms with E-state index in [4.69, 9.17) is 5.73 Å². The molecule has 0 bridgehead atoms. The molecule has 1 saturated heterocycles. The topological polar surface area (TPSA) is 32.5 Å². The zero-order valence-corrected chi connectivity index (χ0v) is 17.3. The maximum absolute atomic E-state index is 5.81. The molecule has 2 N–H and O–H groups in total. The van der Waals surface area contributed by atoms with Crippen LogP contribution in [0.1, 0.15) is 81.6 Å². The van der Waals surface area contributed by atoms with Crippen LogP contribution >= 0.6 is 0 Å². The molecule has 138 valence electrons. The molecule has 0 atom stereocenters. The summed E-state index contributed by atoms with van der Waals surface area (Å²) in [5, 5.41) is 0. The Hall–Kier alpha value is -0.120. The predicted octanol–water partition coefficient (Wildman–Crippen LogP) is 4.61. The monoisotopic (exact) mass is 317 g/mol. The molecule has 0 aromatic rings. The first-order valence-corrected chi connectivity index (χ1v) is 10.0. The van der Waals surface area contributed by atoms with Crippen LogP contribution < -0.4 is 5.73 Å². The summed E-state index contributed by atoms with van der Waals surface area (Å²) < 4.78 is 0. The molecule has 22 heavy (non-hydrogen) atoms. The molecule has 2 fully saturated rings. The lowest BCUT2D eigenvalue weighted by Gasteiger charge is -2.45. The lowest BCUT2D eigenvalue weighted by Crippen LogP contribution is -2.56. The molecule has 0 aromatic heterocycles. The average molecular weight is 318 g/mol. The van der Waals surface area contributed by atoms with Crippen LogP contribution in [-0.2, 0) is 0 Å². The summed E-state index contributed by atoms with van der Waals surface area (Å²) in [6.07, 6.45) is 3.75. The largest absolute Gasteiger partial charge is 0.328 e. The third-order valence-electron chi connectivity index (χ3n) is 3.61. The lowest BCUT2D eigenvalue weighted by molar-refractivity contribution is 0.0529. The first-order chi connectivity index (χ1) is 10.8. The molecule has 0 aromatic carbocycles. The van der Waals surface area contributed by atoms with Gasteiger partial charge in [0, 0.05) is 38.3 Å². The van der Waals surface area contributed by atoms with E-state index >= 15 is 0 Å². The Labute approximate surface area is 142 Å². The highest BCUT2D eigenvalue weighted by atomic mass is 15.3. The summed E-state index contributed by atoms with van der Waals surface area (Å²) in [5.41, 5.74) is 5.81. The van der Waals surface area contributed by atoms with E-state index in [1.807, 2.05) is 55.4 Å². The maximum atomic E-state index is 5.81. The van der Waals surface area contributed by atoms with Gasteiger partial charge in [0.25, 0.3) is 0 Å². The van der Waals surface area contributed by atoms with Crippen LogP contribution in [-0.4, -0.2) is 54.6 Å². The number of rotatable bonds is 3. The SMILES string of the molecule is CC.CC.CC.CC.CCCN1CCN(C2CC(N)C2)CC1. The van der Waals surface area contributed by atoms with Crippen LogP contribution in [0.3, 0.4) is 0 Å². The van der Waals surface area contributed by atoms with E-state index in [1.165, 1.54) is 52.0 Å². The molecule has 1 aliphatic heterocycles. The molecule has 1 saturated carbocycles. The Balaban J connectivity index is -0.000000394. The molecule has 0 unspecified atom stereocenters. The molecule has 0 radical (unpaired) electrons. The van der Waals surface area contributed by atoms with Gasteiger partial charge in [-0.05, 0) is 25.8 Å². The van der Waals surface area contributed by atoms with Gasteiger partial charge in [-0.2, -0.15) is 0 Å². The van der Waals surface area contributed by atoms with Crippen LogP contribution in [0.4, 0.5) is 0 Å². The molecule has 0 amide bonds. The van der Waals surface area contributed by atoms with Crippen LogP contribution in [0, 0.1) is 0 Å². The van der Waals surface area contributed by atoms with Gasteiger partial charge in [-0.15, -0.1) is 0 Å². The first-order valence-electron chi connectivity index (χ1n) is 10.0. The van der Waals surface area contributed by atoms with Gasteiger partial charge in [-0.1, -0.05) is 62.3 Å². The van der Waals surface area contributed by atoms with E-state index in [9.17, 15) is 0 Å². The average Bonchev–Trinajstić information content (AvgIpc) is 2.60. The fraction of sp³-hybridized carbons (Fsp3) is 1.00. The second-order valence-corrected chi connectivity index (χ2v) is 4.76. The minimum Gasteiger partial charge on any atom is -0.328 e. The Morgan fingerprint density at radius 3 is 1.50 bits per heavy atom. The fourth-order valence-electron chi connectivity index (χ4n) is 2.60. The zero-order chi connectivity index (χ0) is 18.0. The Morgan fingerprint density at radius 1 is 0.773 bits per heavy atom. The number of nitrogens with two attached hydrogens (primary N) is 1. The molecule has 3 heteroatoms. The van der Waals surface area contributed by atoms with Gasteiger partial charge >= 0.3 is 0 Å². The van der Waals surface area contributed by atoms with Gasteiger partial charge in [0.2, 0.25) is 0 Å². The van der Waals surface area contributed by atoms with Crippen LogP contribution in [0.25, 0.3) is 0 Å². The third-order valence-corrected chi connectivity index (χ3v) is 3.61. The highest BCUT2D eigenvalue weighted by molar-refractivity contribution is 4.91. The number of piperazine rings is 1. The van der Waals surface area contributed by atoms with Crippen molar-refractivity contribution in [2.45, 2.75) is 93.7 Å². The lowest BCUT2D eigenvalue weighted by atomic mass is 9.86. The van der Waals surface area contributed by atoms with Gasteiger partial charge in [-0.3, -0.25) is 4.90 Å². The molecule has 2 aliphatic rings. The van der Waals surface area contributed by atoms with E-state index in [1.54, 1.807) is 0 Å². The van der Waals surface area contributed by atoms with Crippen molar-refractivity contribution in [1.29, 1.82) is 0 Å². The maximum Gasteiger partial charge on any atom is 0.0126 e. The summed E-state index contributed by atoms with van der Waals surface area (Å²) in [6.45, 7) is 24.6. The Morgan fingerprint density at radius 2 is 1.18 bits per heavy atom. The van der Waals surface area contributed by atoms with Crippen molar-refractivity contribution in [3.05, 3.63) is 0 Å². The van der Waals surface area contributed by atoms with Crippen molar-refractivity contribution in [3.63, 3.8) is 0 Å². The normalized spacial score (nSPS) is 23.7. The van der Waals surface area contributed by atoms with Crippen LogP contribution in [0.15, 0.2) is 0 Å². The second kappa shape index (κ2) is 20.9. The fourth-order valence-corrected chi connectivity index (χ4v) is 2.60. The second-order valence-electron chi connectivity index (χ2n) is 4.76. The van der Waals surface area contributed by atoms with Crippen molar-refractivity contribution in [1.82, 2.24) is 9.80 Å². The summed E-state index contributed by atoms with van der Waals surface area (Å²) >= 11 is 0. The van der Waals surface area contributed by atoms with E-state index < -0.39 is 0 Å². The van der Waals surface area contributed by atoms with Gasteiger partial charge in [-0.25, -0.2) is 0 Å². The van der Waals surface area contributed by atoms with Crippen molar-refractivity contribution < 1.29 is 0 Å². The molecule has 0 spiro atoms. The number of hydrogen-bond acceptors (Lipinski definition) is 3. The van der Waals surface area contributed by atoms with E-state index in [2.05, 4.69) is 16.7 Å². The molecule has 1 aliphatic carbocycles.